The molecule has 0 saturated heterocycles. The molecule has 40 heavy (non-hydrogen) atoms. The molecule has 4 aromatic rings. The van der Waals surface area contributed by atoms with Gasteiger partial charge >= 0.3 is 26.2 Å². The van der Waals surface area contributed by atoms with E-state index in [2.05, 4.69) is 131 Å². The summed E-state index contributed by atoms with van der Waals surface area (Å²) in [4.78, 5) is 0. The zero-order valence-corrected chi connectivity index (χ0v) is 30.3. The van der Waals surface area contributed by atoms with Gasteiger partial charge in [0.05, 0.1) is 8.07 Å². The first-order chi connectivity index (χ1) is 17.9. The van der Waals surface area contributed by atoms with E-state index in [1.54, 1.807) is 0 Å². The molecule has 0 saturated carbocycles. The molecule has 2 aliphatic carbocycles. The second-order valence-corrected chi connectivity index (χ2v) is 17.3. The zero-order valence-electron chi connectivity index (χ0n) is 24.3. The van der Waals surface area contributed by atoms with E-state index in [4.69, 9.17) is 0 Å². The molecule has 1 unspecified atom stereocenters. The topological polar surface area (TPSA) is 0 Å². The third kappa shape index (κ3) is 6.60. The van der Waals surface area contributed by atoms with Crippen molar-refractivity contribution in [3.05, 3.63) is 118 Å². The first kappa shape index (κ1) is 34.7. The molecule has 0 bridgehead atoms. The molecular formula is C35H37Cl2Si2Zr. The van der Waals surface area contributed by atoms with Crippen LogP contribution in [0.2, 0.25) is 32.7 Å². The SMILES string of the molecule is CCC1=Cc2c(-c3ccc([Si](C)(C)C)cc3)cccc2C1c1[c-]ccc2c1Cc1ccccc1-2.C[Si]C.[Cl-].[Cl-].[Zr+3]. The molecule has 2 aliphatic rings. The molecule has 0 fully saturated rings. The molecule has 4 aromatic carbocycles. The Balaban J connectivity index is 0.000000896. The molecule has 203 valence electrons. The maximum absolute atomic E-state index is 3.70. The number of rotatable bonds is 4. The molecule has 0 spiro atoms. The van der Waals surface area contributed by atoms with Crippen molar-refractivity contribution in [3.8, 4) is 22.3 Å². The number of benzene rings is 4. The summed E-state index contributed by atoms with van der Waals surface area (Å²) in [5.74, 6) is 0.297. The number of hydrogen-bond donors (Lipinski definition) is 0. The number of halogens is 2. The number of hydrogen-bond acceptors (Lipinski definition) is 0. The minimum atomic E-state index is -1.30. The molecule has 0 nitrogen and oxygen atoms in total. The van der Waals surface area contributed by atoms with Gasteiger partial charge in [-0.15, -0.1) is 16.7 Å². The maximum atomic E-state index is 3.70. The van der Waals surface area contributed by atoms with Crippen molar-refractivity contribution in [3.63, 3.8) is 0 Å². The fourth-order valence-electron chi connectivity index (χ4n) is 5.89. The van der Waals surface area contributed by atoms with Crippen LogP contribution in [0.4, 0.5) is 0 Å². The van der Waals surface area contributed by atoms with Crippen molar-refractivity contribution in [2.24, 2.45) is 0 Å². The summed E-state index contributed by atoms with van der Waals surface area (Å²) in [7, 11) is -0.219. The molecule has 1 atom stereocenters. The molecule has 0 aliphatic heterocycles. The van der Waals surface area contributed by atoms with Gasteiger partial charge in [-0.1, -0.05) is 123 Å². The van der Waals surface area contributed by atoms with Gasteiger partial charge in [0.2, 0.25) is 0 Å². The molecule has 0 aromatic heterocycles. The summed E-state index contributed by atoms with van der Waals surface area (Å²) in [5.41, 5.74) is 14.1. The van der Waals surface area contributed by atoms with Gasteiger partial charge in [0.15, 0.2) is 0 Å². The largest absolute Gasteiger partial charge is 3.00 e. The van der Waals surface area contributed by atoms with E-state index < -0.39 is 8.07 Å². The normalized spacial score (nSPS) is 14.2. The number of allylic oxidation sites excluding steroid dienone is 1. The van der Waals surface area contributed by atoms with Crippen molar-refractivity contribution >= 4 is 28.9 Å². The molecule has 0 N–H and O–H groups in total. The van der Waals surface area contributed by atoms with Crippen molar-refractivity contribution in [1.29, 1.82) is 0 Å². The minimum absolute atomic E-state index is 0. The second-order valence-electron chi connectivity index (χ2n) is 11.3. The average molecular weight is 676 g/mol. The molecule has 0 amide bonds. The number of fused-ring (bicyclic) bond motifs is 4. The first-order valence-electron chi connectivity index (χ1n) is 13.5. The summed E-state index contributed by atoms with van der Waals surface area (Å²) in [6.45, 7) is 13.8. The van der Waals surface area contributed by atoms with Crippen LogP contribution in [0.1, 0.15) is 47.1 Å². The van der Waals surface area contributed by atoms with Crippen molar-refractivity contribution in [2.45, 2.75) is 58.4 Å². The summed E-state index contributed by atoms with van der Waals surface area (Å²) < 4.78 is 0. The van der Waals surface area contributed by atoms with Gasteiger partial charge in [-0.25, -0.2) is 0 Å². The van der Waals surface area contributed by atoms with E-state index in [-0.39, 0.29) is 51.0 Å². The van der Waals surface area contributed by atoms with Gasteiger partial charge in [0.1, 0.15) is 0 Å². The van der Waals surface area contributed by atoms with E-state index in [9.17, 15) is 0 Å². The summed E-state index contributed by atoms with van der Waals surface area (Å²) in [5, 5.41) is 1.51. The van der Waals surface area contributed by atoms with E-state index in [0.717, 1.165) is 22.4 Å². The average Bonchev–Trinajstić information content (AvgIpc) is 3.47. The Labute approximate surface area is 276 Å². The third-order valence-electron chi connectivity index (χ3n) is 7.72. The van der Waals surface area contributed by atoms with Crippen molar-refractivity contribution in [1.82, 2.24) is 0 Å². The Morgan fingerprint density at radius 2 is 1.48 bits per heavy atom. The fourth-order valence-corrected chi connectivity index (χ4v) is 7.06. The molecule has 0 heterocycles. The Kier molecular flexibility index (Phi) is 12.7. The Morgan fingerprint density at radius 1 is 0.825 bits per heavy atom. The van der Waals surface area contributed by atoms with Crippen molar-refractivity contribution < 1.29 is 51.0 Å². The second kappa shape index (κ2) is 14.6. The summed E-state index contributed by atoms with van der Waals surface area (Å²) in [6.07, 6.45) is 4.54. The van der Waals surface area contributed by atoms with Crippen LogP contribution >= 0.6 is 0 Å². The third-order valence-corrected chi connectivity index (χ3v) is 9.79. The first-order valence-corrected chi connectivity index (χ1v) is 19.0. The predicted octanol–water partition coefficient (Wildman–Crippen LogP) is 3.00. The monoisotopic (exact) mass is 673 g/mol. The van der Waals surface area contributed by atoms with Crippen LogP contribution in [0.5, 0.6) is 0 Å². The van der Waals surface area contributed by atoms with Crippen LogP contribution in [0.3, 0.4) is 0 Å². The van der Waals surface area contributed by atoms with Crippen LogP contribution < -0.4 is 30.0 Å². The van der Waals surface area contributed by atoms with Gasteiger partial charge in [-0.3, -0.25) is 0 Å². The van der Waals surface area contributed by atoms with Gasteiger partial charge in [-0.05, 0) is 46.2 Å². The molecule has 6 rings (SSSR count). The van der Waals surface area contributed by atoms with Crippen LogP contribution in [-0.2, 0) is 32.6 Å². The fraction of sp³-hybridized carbons (Fsp3) is 0.257. The summed E-state index contributed by atoms with van der Waals surface area (Å²) in [6, 6.07) is 33.2. The quantitative estimate of drug-likeness (QED) is 0.203. The van der Waals surface area contributed by atoms with Crippen molar-refractivity contribution in [2.75, 3.05) is 0 Å². The van der Waals surface area contributed by atoms with E-state index >= 15 is 0 Å². The smallest absolute Gasteiger partial charge is 1.00 e. The Bertz CT molecular complexity index is 1470. The minimum Gasteiger partial charge on any atom is -1.00 e. The van der Waals surface area contributed by atoms with E-state index in [0.29, 0.717) is 5.92 Å². The predicted molar refractivity (Wildman–Crippen MR) is 166 cm³/mol. The van der Waals surface area contributed by atoms with Crippen LogP contribution in [-0.4, -0.2) is 17.6 Å². The Hall–Kier alpha value is -1.48. The van der Waals surface area contributed by atoms with E-state index in [1.165, 1.54) is 60.8 Å². The molecule has 5 heteroatoms. The molecular weight excluding hydrogens is 639 g/mol. The van der Waals surface area contributed by atoms with Gasteiger partial charge in [-0.2, -0.15) is 18.2 Å². The van der Waals surface area contributed by atoms with E-state index in [1.807, 2.05) is 0 Å². The van der Waals surface area contributed by atoms with Crippen LogP contribution in [0.15, 0.2) is 84.4 Å². The van der Waals surface area contributed by atoms with Gasteiger partial charge in [0.25, 0.3) is 0 Å². The van der Waals surface area contributed by atoms with Gasteiger partial charge < -0.3 is 24.8 Å². The zero-order chi connectivity index (χ0) is 26.2. The maximum Gasteiger partial charge on any atom is 3.00 e. The van der Waals surface area contributed by atoms with Gasteiger partial charge in [0, 0.05) is 15.4 Å². The molecule has 3 radical (unpaired) electrons. The summed E-state index contributed by atoms with van der Waals surface area (Å²) >= 11 is 0. The van der Waals surface area contributed by atoms with Crippen LogP contribution in [0.25, 0.3) is 28.3 Å². The standard InChI is InChI=1S/C33H31Si.C2H6Si.2ClH.Zr/c1-5-22-20-31-26(23-16-18-25(19-17-23)34(2,3)4)12-8-14-29(31)33(22)30-15-9-13-28-27-11-7-6-10-24(27)21-32(28)30;1-3-2;;;/h6-14,16-20,33H,5,21H2,1-4H3;1-2H3;2*1H;/q-1;;;;+3/p-2. The Morgan fingerprint density at radius 3 is 2.12 bits per heavy atom. The van der Waals surface area contributed by atoms with Crippen LogP contribution in [0, 0.1) is 6.07 Å².